The van der Waals surface area contributed by atoms with Crippen molar-refractivity contribution in [2.24, 2.45) is 0 Å². The number of aromatic nitrogens is 2. The Balaban J connectivity index is 2.23. The number of sulfone groups is 1. The normalized spacial score (nSPS) is 11.9. The van der Waals surface area contributed by atoms with Crippen LogP contribution in [-0.4, -0.2) is 35.7 Å². The van der Waals surface area contributed by atoms with Crippen molar-refractivity contribution in [3.05, 3.63) is 62.9 Å². The van der Waals surface area contributed by atoms with E-state index in [0.29, 0.717) is 26.8 Å². The molecule has 3 rings (SSSR count). The molecule has 0 bridgehead atoms. The lowest BCUT2D eigenvalue weighted by molar-refractivity contribution is 0.603. The van der Waals surface area contributed by atoms with E-state index in [4.69, 9.17) is 11.6 Å². The SMILES string of the molecule is Cc1cccc(-n2c(SCCS(C)(=O)=O)nc3cc(Cl)ccc3c2=O)c1C. The van der Waals surface area contributed by atoms with Gasteiger partial charge in [-0.25, -0.2) is 13.4 Å². The molecule has 5 nitrogen and oxygen atoms in total. The van der Waals surface area contributed by atoms with Gasteiger partial charge in [-0.1, -0.05) is 35.5 Å². The Morgan fingerprint density at radius 2 is 1.93 bits per heavy atom. The lowest BCUT2D eigenvalue weighted by atomic mass is 10.1. The first-order valence-corrected chi connectivity index (χ1v) is 11.7. The maximum atomic E-state index is 13.2. The summed E-state index contributed by atoms with van der Waals surface area (Å²) in [5, 5.41) is 1.41. The van der Waals surface area contributed by atoms with Gasteiger partial charge in [-0.3, -0.25) is 9.36 Å². The molecule has 0 atom stereocenters. The van der Waals surface area contributed by atoms with Gasteiger partial charge in [0, 0.05) is 17.0 Å². The first-order valence-electron chi connectivity index (χ1n) is 8.27. The van der Waals surface area contributed by atoms with Crippen LogP contribution in [0.3, 0.4) is 0 Å². The number of benzene rings is 2. The Labute approximate surface area is 167 Å². The molecule has 2 aromatic carbocycles. The van der Waals surface area contributed by atoms with Crippen LogP contribution < -0.4 is 5.56 Å². The molecule has 0 amide bonds. The van der Waals surface area contributed by atoms with Crippen molar-refractivity contribution in [1.82, 2.24) is 9.55 Å². The standard InChI is InChI=1S/C19H19ClN2O3S2/c1-12-5-4-6-17(13(12)2)22-18(23)15-8-7-14(20)11-16(15)21-19(22)26-9-10-27(3,24)25/h4-8,11H,9-10H2,1-3H3. The zero-order valence-electron chi connectivity index (χ0n) is 15.2. The molecular formula is C19H19ClN2O3S2. The number of halogens is 1. The van der Waals surface area contributed by atoms with Crippen LogP contribution in [0.25, 0.3) is 16.6 Å². The lowest BCUT2D eigenvalue weighted by Crippen LogP contribution is -2.23. The van der Waals surface area contributed by atoms with Crippen molar-refractivity contribution >= 4 is 44.1 Å². The van der Waals surface area contributed by atoms with Gasteiger partial charge in [0.05, 0.1) is 22.3 Å². The molecular weight excluding hydrogens is 404 g/mol. The summed E-state index contributed by atoms with van der Waals surface area (Å²) in [5.74, 6) is 0.316. The highest BCUT2D eigenvalue weighted by Gasteiger charge is 2.16. The van der Waals surface area contributed by atoms with Gasteiger partial charge in [0.2, 0.25) is 0 Å². The number of rotatable bonds is 5. The topological polar surface area (TPSA) is 69.0 Å². The number of hydrogen-bond donors (Lipinski definition) is 0. The van der Waals surface area contributed by atoms with Gasteiger partial charge in [-0.15, -0.1) is 0 Å². The highest BCUT2D eigenvalue weighted by atomic mass is 35.5. The van der Waals surface area contributed by atoms with Crippen LogP contribution in [0.15, 0.2) is 46.3 Å². The maximum absolute atomic E-state index is 13.2. The van der Waals surface area contributed by atoms with Crippen molar-refractivity contribution in [2.75, 3.05) is 17.8 Å². The van der Waals surface area contributed by atoms with E-state index in [-0.39, 0.29) is 11.3 Å². The molecule has 0 aliphatic heterocycles. The zero-order chi connectivity index (χ0) is 19.8. The second-order valence-electron chi connectivity index (χ2n) is 6.39. The Hall–Kier alpha value is -1.83. The summed E-state index contributed by atoms with van der Waals surface area (Å²) < 4.78 is 24.5. The van der Waals surface area contributed by atoms with Gasteiger partial charge >= 0.3 is 0 Å². The van der Waals surface area contributed by atoms with Crippen LogP contribution in [0.2, 0.25) is 5.02 Å². The van der Waals surface area contributed by atoms with E-state index in [0.717, 1.165) is 16.8 Å². The zero-order valence-corrected chi connectivity index (χ0v) is 17.6. The molecule has 8 heteroatoms. The molecule has 142 valence electrons. The Bertz CT molecular complexity index is 1190. The number of nitrogens with zero attached hydrogens (tertiary/aromatic N) is 2. The average Bonchev–Trinajstić information content (AvgIpc) is 2.57. The highest BCUT2D eigenvalue weighted by molar-refractivity contribution is 8.00. The molecule has 0 aliphatic rings. The molecule has 27 heavy (non-hydrogen) atoms. The monoisotopic (exact) mass is 422 g/mol. The third-order valence-electron chi connectivity index (χ3n) is 4.30. The van der Waals surface area contributed by atoms with E-state index in [1.807, 2.05) is 32.0 Å². The van der Waals surface area contributed by atoms with Crippen LogP contribution >= 0.6 is 23.4 Å². The molecule has 0 radical (unpaired) electrons. The Morgan fingerprint density at radius 3 is 2.63 bits per heavy atom. The van der Waals surface area contributed by atoms with Crippen LogP contribution in [0.4, 0.5) is 0 Å². The van der Waals surface area contributed by atoms with Gasteiger partial charge in [-0.2, -0.15) is 0 Å². The predicted octanol–water partition coefficient (Wildman–Crippen LogP) is 3.79. The van der Waals surface area contributed by atoms with Crippen molar-refractivity contribution < 1.29 is 8.42 Å². The quantitative estimate of drug-likeness (QED) is 0.462. The third kappa shape index (κ3) is 4.36. The van der Waals surface area contributed by atoms with Crippen molar-refractivity contribution in [3.8, 4) is 5.69 Å². The average molecular weight is 423 g/mol. The van der Waals surface area contributed by atoms with Crippen LogP contribution in [0.5, 0.6) is 0 Å². The van der Waals surface area contributed by atoms with E-state index < -0.39 is 9.84 Å². The molecule has 0 fully saturated rings. The molecule has 1 aromatic heterocycles. The minimum atomic E-state index is -3.10. The maximum Gasteiger partial charge on any atom is 0.266 e. The van der Waals surface area contributed by atoms with Crippen LogP contribution in [0, 0.1) is 13.8 Å². The number of fused-ring (bicyclic) bond motifs is 1. The van der Waals surface area contributed by atoms with Crippen LogP contribution in [-0.2, 0) is 9.84 Å². The summed E-state index contributed by atoms with van der Waals surface area (Å²) in [7, 11) is -3.10. The summed E-state index contributed by atoms with van der Waals surface area (Å²) in [5.41, 5.74) is 3.07. The molecule has 0 N–H and O–H groups in total. The lowest BCUT2D eigenvalue weighted by Gasteiger charge is -2.16. The van der Waals surface area contributed by atoms with Crippen molar-refractivity contribution in [1.29, 1.82) is 0 Å². The highest BCUT2D eigenvalue weighted by Crippen LogP contribution is 2.25. The smallest absolute Gasteiger partial charge is 0.266 e. The number of aryl methyl sites for hydroxylation is 1. The molecule has 0 spiro atoms. The summed E-state index contributed by atoms with van der Waals surface area (Å²) >= 11 is 7.30. The molecule has 0 saturated heterocycles. The van der Waals surface area contributed by atoms with Gasteiger partial charge in [0.1, 0.15) is 9.84 Å². The van der Waals surface area contributed by atoms with Gasteiger partial charge < -0.3 is 0 Å². The predicted molar refractivity (Wildman–Crippen MR) is 112 cm³/mol. The molecule has 0 unspecified atom stereocenters. The summed E-state index contributed by atoms with van der Waals surface area (Å²) in [6.45, 7) is 3.93. The summed E-state index contributed by atoms with van der Waals surface area (Å²) in [4.78, 5) is 17.8. The Morgan fingerprint density at radius 1 is 1.19 bits per heavy atom. The van der Waals surface area contributed by atoms with Gasteiger partial charge in [0.15, 0.2) is 5.16 Å². The fourth-order valence-corrected chi connectivity index (χ4v) is 5.08. The molecule has 1 heterocycles. The largest absolute Gasteiger partial charge is 0.268 e. The minimum Gasteiger partial charge on any atom is -0.268 e. The van der Waals surface area contributed by atoms with E-state index in [2.05, 4.69) is 4.98 Å². The first kappa shape index (κ1) is 19.9. The van der Waals surface area contributed by atoms with E-state index >= 15 is 0 Å². The van der Waals surface area contributed by atoms with Crippen molar-refractivity contribution in [3.63, 3.8) is 0 Å². The van der Waals surface area contributed by atoms with Gasteiger partial charge in [-0.05, 0) is 49.2 Å². The van der Waals surface area contributed by atoms with Crippen molar-refractivity contribution in [2.45, 2.75) is 19.0 Å². The molecule has 0 saturated carbocycles. The fraction of sp³-hybridized carbons (Fsp3) is 0.263. The van der Waals surface area contributed by atoms with Gasteiger partial charge in [0.25, 0.3) is 5.56 Å². The minimum absolute atomic E-state index is 0.00786. The second-order valence-corrected chi connectivity index (χ2v) is 10.2. The third-order valence-corrected chi connectivity index (χ3v) is 6.68. The van der Waals surface area contributed by atoms with Crippen LogP contribution in [0.1, 0.15) is 11.1 Å². The molecule has 0 aliphatic carbocycles. The molecule has 3 aromatic rings. The van der Waals surface area contributed by atoms with E-state index in [1.54, 1.807) is 22.8 Å². The fourth-order valence-electron chi connectivity index (χ4n) is 2.71. The number of hydrogen-bond acceptors (Lipinski definition) is 5. The summed E-state index contributed by atoms with van der Waals surface area (Å²) in [6, 6.07) is 10.7. The van der Waals surface area contributed by atoms with E-state index in [9.17, 15) is 13.2 Å². The van der Waals surface area contributed by atoms with E-state index in [1.165, 1.54) is 18.0 Å². The first-order chi connectivity index (χ1) is 12.7. The number of thioether (sulfide) groups is 1. The second kappa shape index (κ2) is 7.66. The Kier molecular flexibility index (Phi) is 5.65. The summed E-state index contributed by atoms with van der Waals surface area (Å²) in [6.07, 6.45) is 1.19.